The lowest BCUT2D eigenvalue weighted by atomic mass is 10.1. The molecule has 0 radical (unpaired) electrons. The number of nitrogens with one attached hydrogen (secondary N) is 2. The van der Waals surface area contributed by atoms with Crippen LogP contribution in [0.3, 0.4) is 0 Å². The molecule has 2 amide bonds. The van der Waals surface area contributed by atoms with E-state index in [1.54, 1.807) is 6.07 Å². The number of ether oxygens (including phenoxy) is 1. The molecule has 0 aliphatic rings. The fraction of sp³-hybridized carbons (Fsp3) is 0.158. The second-order valence-electron chi connectivity index (χ2n) is 5.27. The van der Waals surface area contributed by atoms with Crippen LogP contribution in [0.2, 0.25) is 0 Å². The summed E-state index contributed by atoms with van der Waals surface area (Å²) in [5, 5.41) is 5.10. The van der Waals surface area contributed by atoms with E-state index in [4.69, 9.17) is 10.5 Å². The zero-order valence-electron chi connectivity index (χ0n) is 13.8. The summed E-state index contributed by atoms with van der Waals surface area (Å²) in [5.74, 6) is -0.941. The van der Waals surface area contributed by atoms with Gasteiger partial charge in [0.15, 0.2) is 0 Å². The zero-order chi connectivity index (χ0) is 18.1. The first-order valence-electron chi connectivity index (χ1n) is 7.83. The Kier molecular flexibility index (Phi) is 6.88. The minimum Gasteiger partial charge on any atom is -0.370 e. The van der Waals surface area contributed by atoms with Gasteiger partial charge in [0.2, 0.25) is 5.91 Å². The summed E-state index contributed by atoms with van der Waals surface area (Å²) in [6, 6.07) is 17.2. The molecule has 6 nitrogen and oxygen atoms in total. The van der Waals surface area contributed by atoms with E-state index in [9.17, 15) is 9.59 Å². The van der Waals surface area contributed by atoms with E-state index in [2.05, 4.69) is 17.2 Å². The van der Waals surface area contributed by atoms with Crippen molar-refractivity contribution < 1.29 is 14.3 Å². The first kappa shape index (κ1) is 18.4. The van der Waals surface area contributed by atoms with Crippen molar-refractivity contribution in [2.75, 3.05) is 25.1 Å². The number of carbonyl (C=O) groups is 2. The summed E-state index contributed by atoms with van der Waals surface area (Å²) in [6.07, 6.45) is 0. The van der Waals surface area contributed by atoms with Crippen LogP contribution in [0.15, 0.2) is 66.9 Å². The van der Waals surface area contributed by atoms with Crippen LogP contribution in [-0.4, -0.2) is 31.6 Å². The van der Waals surface area contributed by atoms with Crippen LogP contribution in [0.4, 0.5) is 5.69 Å². The maximum Gasteiger partial charge on any atom is 0.271 e. The highest BCUT2D eigenvalue weighted by molar-refractivity contribution is 6.05. The van der Waals surface area contributed by atoms with E-state index in [0.29, 0.717) is 12.2 Å². The quantitative estimate of drug-likeness (QED) is 0.506. The van der Waals surface area contributed by atoms with Crippen LogP contribution in [0.1, 0.15) is 0 Å². The molecule has 0 atom stereocenters. The Labute approximate surface area is 146 Å². The van der Waals surface area contributed by atoms with E-state index < -0.39 is 11.8 Å². The summed E-state index contributed by atoms with van der Waals surface area (Å²) < 4.78 is 5.00. The molecule has 0 unspecified atom stereocenters. The minimum absolute atomic E-state index is 0.0496. The van der Waals surface area contributed by atoms with Gasteiger partial charge in [-0.15, -0.1) is 0 Å². The van der Waals surface area contributed by atoms with Crippen molar-refractivity contribution in [3.63, 3.8) is 0 Å². The van der Waals surface area contributed by atoms with Gasteiger partial charge in [0.1, 0.15) is 6.61 Å². The number of anilines is 1. The zero-order valence-corrected chi connectivity index (χ0v) is 13.8. The standard InChI is InChI=1S/C19H21N3O3/c1-14(21-18(23)13-25-11-10-20)19(24)22-17-9-5-8-16(12-17)15-6-3-2-4-7-15/h2-9,12H,1,10-11,13,20H2,(H,21,23)(H,22,24). The third-order valence-corrected chi connectivity index (χ3v) is 3.29. The van der Waals surface area contributed by atoms with Crippen molar-refractivity contribution in [1.82, 2.24) is 5.32 Å². The van der Waals surface area contributed by atoms with Gasteiger partial charge in [0.25, 0.3) is 5.91 Å². The summed E-state index contributed by atoms with van der Waals surface area (Å²) in [7, 11) is 0. The maximum absolute atomic E-state index is 12.1. The molecule has 6 heteroatoms. The Bertz CT molecular complexity index is 745. The third kappa shape index (κ3) is 5.87. The summed E-state index contributed by atoms with van der Waals surface area (Å²) in [4.78, 5) is 23.7. The predicted octanol–water partition coefficient (Wildman–Crippen LogP) is 1.90. The van der Waals surface area contributed by atoms with Gasteiger partial charge in [-0.25, -0.2) is 0 Å². The molecule has 130 valence electrons. The first-order valence-corrected chi connectivity index (χ1v) is 7.83. The van der Waals surface area contributed by atoms with Crippen LogP contribution in [-0.2, 0) is 14.3 Å². The van der Waals surface area contributed by atoms with Gasteiger partial charge in [-0.1, -0.05) is 49.0 Å². The number of carbonyl (C=O) groups excluding carboxylic acids is 2. The summed E-state index contributed by atoms with van der Waals surface area (Å²) in [5.41, 5.74) is 7.85. The molecular formula is C19H21N3O3. The lowest BCUT2D eigenvalue weighted by molar-refractivity contribution is -0.126. The Hall–Kier alpha value is -2.96. The molecule has 0 spiro atoms. The highest BCUT2D eigenvalue weighted by Gasteiger charge is 2.11. The lowest BCUT2D eigenvalue weighted by Crippen LogP contribution is -2.33. The molecule has 25 heavy (non-hydrogen) atoms. The smallest absolute Gasteiger partial charge is 0.271 e. The normalized spacial score (nSPS) is 10.1. The van der Waals surface area contributed by atoms with Crippen molar-refractivity contribution in [3.05, 3.63) is 66.9 Å². The van der Waals surface area contributed by atoms with Crippen LogP contribution >= 0.6 is 0 Å². The van der Waals surface area contributed by atoms with E-state index >= 15 is 0 Å². The number of hydrogen-bond acceptors (Lipinski definition) is 4. The molecule has 0 saturated heterocycles. The average molecular weight is 339 g/mol. The Morgan fingerprint density at radius 2 is 1.76 bits per heavy atom. The molecule has 0 aromatic heterocycles. The van der Waals surface area contributed by atoms with Gasteiger partial charge in [0, 0.05) is 12.2 Å². The predicted molar refractivity (Wildman–Crippen MR) is 97.7 cm³/mol. The maximum atomic E-state index is 12.1. The first-order chi connectivity index (χ1) is 12.1. The molecule has 2 aromatic rings. The Morgan fingerprint density at radius 1 is 1.04 bits per heavy atom. The number of rotatable bonds is 8. The summed E-state index contributed by atoms with van der Waals surface area (Å²) >= 11 is 0. The van der Waals surface area contributed by atoms with Crippen molar-refractivity contribution in [3.8, 4) is 11.1 Å². The van der Waals surface area contributed by atoms with E-state index in [1.807, 2.05) is 48.5 Å². The molecule has 2 aromatic carbocycles. The molecule has 0 bridgehead atoms. The number of benzene rings is 2. The molecule has 0 heterocycles. The van der Waals surface area contributed by atoms with Crippen LogP contribution in [0.5, 0.6) is 0 Å². The largest absolute Gasteiger partial charge is 0.370 e. The monoisotopic (exact) mass is 339 g/mol. The molecule has 2 rings (SSSR count). The number of hydrogen-bond donors (Lipinski definition) is 3. The van der Waals surface area contributed by atoms with E-state index in [1.165, 1.54) is 0 Å². The van der Waals surface area contributed by atoms with Gasteiger partial charge in [0.05, 0.1) is 12.3 Å². The molecule has 0 fully saturated rings. The second kappa shape index (κ2) is 9.36. The lowest BCUT2D eigenvalue weighted by Gasteiger charge is -2.10. The van der Waals surface area contributed by atoms with Crippen molar-refractivity contribution in [1.29, 1.82) is 0 Å². The van der Waals surface area contributed by atoms with Gasteiger partial charge in [-0.3, -0.25) is 9.59 Å². The number of nitrogens with two attached hydrogens (primary N) is 1. The third-order valence-electron chi connectivity index (χ3n) is 3.29. The fourth-order valence-corrected chi connectivity index (χ4v) is 2.12. The van der Waals surface area contributed by atoms with E-state index in [0.717, 1.165) is 11.1 Å². The topological polar surface area (TPSA) is 93.4 Å². The van der Waals surface area contributed by atoms with Gasteiger partial charge in [-0.05, 0) is 23.3 Å². The SMILES string of the molecule is C=C(NC(=O)COCCN)C(=O)Nc1cccc(-c2ccccc2)c1. The highest BCUT2D eigenvalue weighted by atomic mass is 16.5. The van der Waals surface area contributed by atoms with Crippen LogP contribution in [0.25, 0.3) is 11.1 Å². The minimum atomic E-state index is -0.489. The Balaban J connectivity index is 1.94. The average Bonchev–Trinajstić information content (AvgIpc) is 2.63. The van der Waals surface area contributed by atoms with Crippen LogP contribution < -0.4 is 16.4 Å². The molecule has 0 aliphatic heterocycles. The van der Waals surface area contributed by atoms with Crippen molar-refractivity contribution in [2.24, 2.45) is 5.73 Å². The summed E-state index contributed by atoms with van der Waals surface area (Å²) in [6.45, 7) is 4.00. The molecule has 0 aliphatic carbocycles. The molecule has 4 N–H and O–H groups in total. The molecular weight excluding hydrogens is 318 g/mol. The van der Waals surface area contributed by atoms with Gasteiger partial charge in [-0.2, -0.15) is 0 Å². The van der Waals surface area contributed by atoms with Crippen molar-refractivity contribution in [2.45, 2.75) is 0 Å². The number of amides is 2. The van der Waals surface area contributed by atoms with Gasteiger partial charge >= 0.3 is 0 Å². The second-order valence-corrected chi connectivity index (χ2v) is 5.27. The van der Waals surface area contributed by atoms with Crippen LogP contribution in [0, 0.1) is 0 Å². The van der Waals surface area contributed by atoms with E-state index in [-0.39, 0.29) is 18.9 Å². The van der Waals surface area contributed by atoms with Gasteiger partial charge < -0.3 is 21.1 Å². The Morgan fingerprint density at radius 3 is 2.48 bits per heavy atom. The van der Waals surface area contributed by atoms with Crippen molar-refractivity contribution >= 4 is 17.5 Å². The fourth-order valence-electron chi connectivity index (χ4n) is 2.12. The highest BCUT2D eigenvalue weighted by Crippen LogP contribution is 2.22. The molecule has 0 saturated carbocycles.